The molecule has 0 aromatic carbocycles. The van der Waals surface area contributed by atoms with Crippen molar-refractivity contribution in [2.75, 3.05) is 19.6 Å². The molecule has 1 amide bonds. The Morgan fingerprint density at radius 1 is 1.21 bits per heavy atom. The van der Waals surface area contributed by atoms with E-state index in [9.17, 15) is 4.79 Å². The van der Waals surface area contributed by atoms with Crippen molar-refractivity contribution in [3.8, 4) is 0 Å². The monoisotopic (exact) mass is 345 g/mol. The van der Waals surface area contributed by atoms with Crippen molar-refractivity contribution in [2.24, 2.45) is 7.05 Å². The molecule has 0 spiro atoms. The van der Waals surface area contributed by atoms with Crippen LogP contribution < -0.4 is 5.32 Å². The standard InChI is InChI=1S/C19H27N3OS/c1-21-10-6-9-17(21)18(22-11-4-2-3-5-12-22)15-20-19(23)14-16-8-7-13-24-16/h6-10,13,18H,2-5,11-12,14-15H2,1H3,(H,20,23). The molecule has 1 atom stereocenters. The average molecular weight is 346 g/mol. The first-order chi connectivity index (χ1) is 11.7. The van der Waals surface area contributed by atoms with Crippen LogP contribution in [0.5, 0.6) is 0 Å². The van der Waals surface area contributed by atoms with Gasteiger partial charge in [-0.1, -0.05) is 18.9 Å². The molecule has 1 saturated heterocycles. The van der Waals surface area contributed by atoms with E-state index in [1.165, 1.54) is 31.4 Å². The van der Waals surface area contributed by atoms with Gasteiger partial charge in [0.2, 0.25) is 5.91 Å². The first-order valence-corrected chi connectivity index (χ1v) is 9.76. The van der Waals surface area contributed by atoms with Crippen LogP contribution >= 0.6 is 11.3 Å². The second kappa shape index (κ2) is 8.49. The molecule has 1 fully saturated rings. The summed E-state index contributed by atoms with van der Waals surface area (Å²) in [7, 11) is 2.09. The summed E-state index contributed by atoms with van der Waals surface area (Å²) in [6.07, 6.45) is 7.72. The number of hydrogen-bond donors (Lipinski definition) is 1. The van der Waals surface area contributed by atoms with Gasteiger partial charge in [0.1, 0.15) is 0 Å². The van der Waals surface area contributed by atoms with Crippen LogP contribution in [0.2, 0.25) is 0 Å². The van der Waals surface area contributed by atoms with E-state index in [2.05, 4.69) is 40.2 Å². The molecule has 3 heterocycles. The maximum atomic E-state index is 12.3. The lowest BCUT2D eigenvalue weighted by Gasteiger charge is -2.31. The predicted molar refractivity (Wildman–Crippen MR) is 99.2 cm³/mol. The van der Waals surface area contributed by atoms with E-state index < -0.39 is 0 Å². The Morgan fingerprint density at radius 3 is 2.62 bits per heavy atom. The fraction of sp³-hybridized carbons (Fsp3) is 0.526. The van der Waals surface area contributed by atoms with Gasteiger partial charge >= 0.3 is 0 Å². The first-order valence-electron chi connectivity index (χ1n) is 8.88. The molecule has 130 valence electrons. The third-order valence-electron chi connectivity index (χ3n) is 4.81. The second-order valence-corrected chi connectivity index (χ2v) is 7.60. The highest BCUT2D eigenvalue weighted by Crippen LogP contribution is 2.24. The van der Waals surface area contributed by atoms with Gasteiger partial charge in [-0.3, -0.25) is 9.69 Å². The van der Waals surface area contributed by atoms with Crippen molar-refractivity contribution in [3.05, 3.63) is 46.4 Å². The highest BCUT2D eigenvalue weighted by atomic mass is 32.1. The number of nitrogens with zero attached hydrogens (tertiary/aromatic N) is 2. The van der Waals surface area contributed by atoms with Crippen molar-refractivity contribution < 1.29 is 4.79 Å². The average Bonchev–Trinajstić information content (AvgIpc) is 3.14. The zero-order chi connectivity index (χ0) is 16.8. The van der Waals surface area contributed by atoms with Gasteiger partial charge < -0.3 is 9.88 Å². The number of likely N-dealkylation sites (tertiary alicyclic amines) is 1. The molecule has 1 N–H and O–H groups in total. The SMILES string of the molecule is Cn1cccc1C(CNC(=O)Cc1cccs1)N1CCCCCC1. The molecule has 2 aromatic rings. The summed E-state index contributed by atoms with van der Waals surface area (Å²) < 4.78 is 2.18. The molecule has 3 rings (SSSR count). The van der Waals surface area contributed by atoms with Gasteiger partial charge in [0, 0.05) is 30.4 Å². The van der Waals surface area contributed by atoms with Crippen LogP contribution in [0.15, 0.2) is 35.8 Å². The molecule has 4 nitrogen and oxygen atoms in total. The van der Waals surface area contributed by atoms with Crippen LogP contribution in [0, 0.1) is 0 Å². The molecule has 0 bridgehead atoms. The Hall–Kier alpha value is -1.59. The molecule has 2 aromatic heterocycles. The molecule has 1 aliphatic rings. The predicted octanol–water partition coefficient (Wildman–Crippen LogP) is 3.36. The topological polar surface area (TPSA) is 37.3 Å². The summed E-state index contributed by atoms with van der Waals surface area (Å²) in [6, 6.07) is 8.55. The Morgan fingerprint density at radius 2 is 2.00 bits per heavy atom. The summed E-state index contributed by atoms with van der Waals surface area (Å²) >= 11 is 1.64. The van der Waals surface area contributed by atoms with E-state index >= 15 is 0 Å². The van der Waals surface area contributed by atoms with Crippen molar-refractivity contribution in [1.29, 1.82) is 0 Å². The summed E-state index contributed by atoms with van der Waals surface area (Å²) in [5.41, 5.74) is 1.29. The van der Waals surface area contributed by atoms with E-state index in [4.69, 9.17) is 0 Å². The van der Waals surface area contributed by atoms with Gasteiger partial charge in [-0.25, -0.2) is 0 Å². The maximum absolute atomic E-state index is 12.3. The van der Waals surface area contributed by atoms with Crippen LogP contribution in [0.3, 0.4) is 0 Å². The summed E-state index contributed by atoms with van der Waals surface area (Å²) in [5.74, 6) is 0.117. The highest BCUT2D eigenvalue weighted by molar-refractivity contribution is 7.10. The van der Waals surface area contributed by atoms with Gasteiger partial charge in [-0.05, 0) is 49.5 Å². The van der Waals surface area contributed by atoms with Gasteiger partial charge in [-0.2, -0.15) is 0 Å². The van der Waals surface area contributed by atoms with Crippen LogP contribution in [-0.4, -0.2) is 35.0 Å². The number of hydrogen-bond acceptors (Lipinski definition) is 3. The van der Waals surface area contributed by atoms with Crippen molar-refractivity contribution in [2.45, 2.75) is 38.1 Å². The van der Waals surface area contributed by atoms with Crippen LogP contribution in [0.25, 0.3) is 0 Å². The zero-order valence-corrected chi connectivity index (χ0v) is 15.2. The van der Waals surface area contributed by atoms with Gasteiger partial charge in [0.15, 0.2) is 0 Å². The maximum Gasteiger partial charge on any atom is 0.225 e. The minimum atomic E-state index is 0.117. The Labute approximate surface area is 148 Å². The minimum Gasteiger partial charge on any atom is -0.354 e. The van der Waals surface area contributed by atoms with Crippen molar-refractivity contribution in [3.63, 3.8) is 0 Å². The third-order valence-corrected chi connectivity index (χ3v) is 5.69. The van der Waals surface area contributed by atoms with Crippen LogP contribution in [0.1, 0.15) is 42.3 Å². The molecule has 24 heavy (non-hydrogen) atoms. The highest BCUT2D eigenvalue weighted by Gasteiger charge is 2.23. The van der Waals surface area contributed by atoms with Gasteiger partial charge in [0.25, 0.3) is 0 Å². The lowest BCUT2D eigenvalue weighted by molar-refractivity contribution is -0.120. The molecule has 0 saturated carbocycles. The van der Waals surface area contributed by atoms with E-state index in [1.54, 1.807) is 11.3 Å². The number of aromatic nitrogens is 1. The molecular formula is C19H27N3OS. The van der Waals surface area contributed by atoms with Gasteiger partial charge in [0.05, 0.1) is 12.5 Å². The van der Waals surface area contributed by atoms with Crippen LogP contribution in [0.4, 0.5) is 0 Å². The molecule has 1 unspecified atom stereocenters. The molecular weight excluding hydrogens is 318 g/mol. The minimum absolute atomic E-state index is 0.117. The van der Waals surface area contributed by atoms with E-state index in [0.717, 1.165) is 18.0 Å². The van der Waals surface area contributed by atoms with Crippen molar-refractivity contribution >= 4 is 17.2 Å². The number of carbonyl (C=O) groups is 1. The Bertz CT molecular complexity index is 627. The fourth-order valence-corrected chi connectivity index (χ4v) is 4.20. The van der Waals surface area contributed by atoms with Crippen LogP contribution in [-0.2, 0) is 18.3 Å². The molecule has 0 aliphatic carbocycles. The van der Waals surface area contributed by atoms with Gasteiger partial charge in [-0.15, -0.1) is 11.3 Å². The largest absolute Gasteiger partial charge is 0.354 e. The number of rotatable bonds is 6. The van der Waals surface area contributed by atoms with E-state index in [0.29, 0.717) is 13.0 Å². The van der Waals surface area contributed by atoms with Crippen molar-refractivity contribution in [1.82, 2.24) is 14.8 Å². The number of nitrogens with one attached hydrogen (secondary N) is 1. The number of amides is 1. The smallest absolute Gasteiger partial charge is 0.225 e. The molecule has 1 aliphatic heterocycles. The zero-order valence-electron chi connectivity index (χ0n) is 14.4. The summed E-state index contributed by atoms with van der Waals surface area (Å²) in [5, 5.41) is 5.19. The quantitative estimate of drug-likeness (QED) is 0.872. The number of thiophene rings is 1. The lowest BCUT2D eigenvalue weighted by atomic mass is 10.1. The van der Waals surface area contributed by atoms with E-state index in [1.807, 2.05) is 17.5 Å². The van der Waals surface area contributed by atoms with E-state index in [-0.39, 0.29) is 11.9 Å². The molecule has 5 heteroatoms. The fourth-order valence-electron chi connectivity index (χ4n) is 3.49. The molecule has 0 radical (unpaired) electrons. The third kappa shape index (κ3) is 4.48. The lowest BCUT2D eigenvalue weighted by Crippen LogP contribution is -2.39. The summed E-state index contributed by atoms with van der Waals surface area (Å²) in [4.78, 5) is 16.0. The normalized spacial score (nSPS) is 17.4. The number of carbonyl (C=O) groups excluding carboxylic acids is 1. The second-order valence-electron chi connectivity index (χ2n) is 6.57. The Balaban J connectivity index is 1.65. The Kier molecular flexibility index (Phi) is 6.10. The number of aryl methyl sites for hydroxylation is 1. The first kappa shape index (κ1) is 17.2. The summed E-state index contributed by atoms with van der Waals surface area (Å²) in [6.45, 7) is 2.93.